The molecule has 7 nitrogen and oxygen atoms in total. The van der Waals surface area contributed by atoms with Crippen LogP contribution in [-0.4, -0.2) is 63.1 Å². The maximum Gasteiger partial charge on any atom is 0.221 e. The van der Waals surface area contributed by atoms with Crippen LogP contribution in [0.4, 0.5) is 0 Å². The zero-order chi connectivity index (χ0) is 20.9. The quantitative estimate of drug-likeness (QED) is 0.177. The van der Waals surface area contributed by atoms with E-state index in [0.717, 1.165) is 64.4 Å². The lowest BCUT2D eigenvalue weighted by atomic mass is 9.97. The minimum atomic E-state index is -0.167. The lowest BCUT2D eigenvalue weighted by molar-refractivity contribution is -0.123. The lowest BCUT2D eigenvalue weighted by Gasteiger charge is -2.31. The highest BCUT2D eigenvalue weighted by Gasteiger charge is 2.23. The first kappa shape index (κ1) is 26.6. The summed E-state index contributed by atoms with van der Waals surface area (Å²) in [5, 5.41) is 6.68. The highest BCUT2D eigenvalue weighted by molar-refractivity contribution is 14.0. The third-order valence-electron chi connectivity index (χ3n) is 5.33. The number of carbonyl (C=O) groups excluding carboxylic acids is 1. The van der Waals surface area contributed by atoms with E-state index in [2.05, 4.69) is 39.6 Å². The minimum absolute atomic E-state index is 0. The van der Waals surface area contributed by atoms with Crippen molar-refractivity contribution >= 4 is 35.8 Å². The van der Waals surface area contributed by atoms with Crippen molar-refractivity contribution in [3.63, 3.8) is 0 Å². The van der Waals surface area contributed by atoms with Gasteiger partial charge >= 0.3 is 0 Å². The number of piperidine rings is 1. The molecule has 30 heavy (non-hydrogen) atoms. The summed E-state index contributed by atoms with van der Waals surface area (Å²) in [4.78, 5) is 18.0. The molecule has 170 valence electrons. The van der Waals surface area contributed by atoms with Gasteiger partial charge in [0.1, 0.15) is 0 Å². The van der Waals surface area contributed by atoms with Crippen molar-refractivity contribution in [1.82, 2.24) is 15.5 Å². The molecule has 1 amide bonds. The molecule has 2 unspecified atom stereocenters. The van der Waals surface area contributed by atoms with Crippen LogP contribution in [0.2, 0.25) is 0 Å². The summed E-state index contributed by atoms with van der Waals surface area (Å²) >= 11 is 0. The number of amides is 1. The Kier molecular flexibility index (Phi) is 13.7. The van der Waals surface area contributed by atoms with Gasteiger partial charge in [0.25, 0.3) is 0 Å². The molecule has 4 N–H and O–H groups in total. The Morgan fingerprint density at radius 2 is 1.97 bits per heavy atom. The Balaban J connectivity index is 0.00000450. The normalized spacial score (nSPS) is 18.3. The van der Waals surface area contributed by atoms with Gasteiger partial charge in [0.05, 0.1) is 12.0 Å². The van der Waals surface area contributed by atoms with Crippen LogP contribution >= 0.6 is 24.0 Å². The molecule has 0 aliphatic carbocycles. The van der Waals surface area contributed by atoms with Gasteiger partial charge in [-0.1, -0.05) is 30.3 Å². The van der Waals surface area contributed by atoms with Crippen molar-refractivity contribution in [3.8, 4) is 0 Å². The number of rotatable bonds is 11. The summed E-state index contributed by atoms with van der Waals surface area (Å²) in [6.45, 7) is 7.26. The predicted octanol–water partition coefficient (Wildman–Crippen LogP) is 2.52. The first-order valence-electron chi connectivity index (χ1n) is 10.7. The number of carbonyl (C=O) groups is 1. The van der Waals surface area contributed by atoms with Crippen LogP contribution in [0.3, 0.4) is 0 Å². The van der Waals surface area contributed by atoms with E-state index in [0.29, 0.717) is 6.61 Å². The van der Waals surface area contributed by atoms with Gasteiger partial charge in [0, 0.05) is 33.3 Å². The second-order valence-corrected chi connectivity index (χ2v) is 7.60. The Morgan fingerprint density at radius 1 is 1.27 bits per heavy atom. The number of guanidine groups is 1. The molecule has 0 spiro atoms. The molecule has 2 rings (SSSR count). The standard InChI is InChI=1S/C22H37N5O2.HI/c1-18(19-9-4-3-5-10-19)29-16-8-13-26-22(24-2)25-12-7-15-27-14-6-11-20(17-27)21(23)28;/h3-5,9-10,18,20H,6-8,11-17H2,1-2H3,(H2,23,28)(H2,24,25,26);1H. The maximum absolute atomic E-state index is 11.4. The molecular formula is C22H38IN5O2. The molecule has 0 saturated carbocycles. The zero-order valence-corrected chi connectivity index (χ0v) is 20.6. The number of hydrogen-bond donors (Lipinski definition) is 3. The van der Waals surface area contributed by atoms with Crippen LogP contribution in [0.5, 0.6) is 0 Å². The van der Waals surface area contributed by atoms with Crippen molar-refractivity contribution < 1.29 is 9.53 Å². The van der Waals surface area contributed by atoms with Crippen molar-refractivity contribution in [2.75, 3.05) is 46.4 Å². The Hall–Kier alpha value is -1.39. The number of nitrogens with one attached hydrogen (secondary N) is 2. The fourth-order valence-electron chi connectivity index (χ4n) is 3.58. The fraction of sp³-hybridized carbons (Fsp3) is 0.636. The van der Waals surface area contributed by atoms with Crippen LogP contribution in [0.25, 0.3) is 0 Å². The first-order chi connectivity index (χ1) is 14.1. The van der Waals surface area contributed by atoms with E-state index in [1.165, 1.54) is 5.56 Å². The molecule has 0 bridgehead atoms. The molecule has 1 aromatic carbocycles. The van der Waals surface area contributed by atoms with Gasteiger partial charge in [-0.05, 0) is 51.3 Å². The fourth-order valence-corrected chi connectivity index (χ4v) is 3.58. The molecule has 1 aromatic rings. The lowest BCUT2D eigenvalue weighted by Crippen LogP contribution is -2.43. The van der Waals surface area contributed by atoms with Crippen LogP contribution < -0.4 is 16.4 Å². The van der Waals surface area contributed by atoms with Crippen LogP contribution in [0.15, 0.2) is 35.3 Å². The number of likely N-dealkylation sites (tertiary alicyclic amines) is 1. The molecule has 1 heterocycles. The molecule has 1 aliphatic heterocycles. The number of benzene rings is 1. The summed E-state index contributed by atoms with van der Waals surface area (Å²) in [5.74, 6) is 0.660. The topological polar surface area (TPSA) is 92.0 Å². The summed E-state index contributed by atoms with van der Waals surface area (Å²) in [6, 6.07) is 10.3. The zero-order valence-electron chi connectivity index (χ0n) is 18.3. The summed E-state index contributed by atoms with van der Waals surface area (Å²) < 4.78 is 5.90. The number of hydrogen-bond acceptors (Lipinski definition) is 4. The second-order valence-electron chi connectivity index (χ2n) is 7.60. The monoisotopic (exact) mass is 531 g/mol. The minimum Gasteiger partial charge on any atom is -0.374 e. The number of nitrogens with zero attached hydrogens (tertiary/aromatic N) is 2. The molecule has 1 fully saturated rings. The number of halogens is 1. The molecule has 0 radical (unpaired) electrons. The Bertz CT molecular complexity index is 629. The van der Waals surface area contributed by atoms with Gasteiger partial charge in [0.2, 0.25) is 5.91 Å². The Labute approximate surface area is 198 Å². The predicted molar refractivity (Wildman–Crippen MR) is 133 cm³/mol. The number of ether oxygens (including phenoxy) is 1. The van der Waals surface area contributed by atoms with Gasteiger partial charge in [0.15, 0.2) is 5.96 Å². The maximum atomic E-state index is 11.4. The smallest absolute Gasteiger partial charge is 0.221 e. The average molecular weight is 531 g/mol. The van der Waals surface area contributed by atoms with E-state index in [4.69, 9.17) is 10.5 Å². The van der Waals surface area contributed by atoms with Crippen LogP contribution in [0, 0.1) is 5.92 Å². The van der Waals surface area contributed by atoms with Crippen molar-refractivity contribution in [3.05, 3.63) is 35.9 Å². The SMILES string of the molecule is CN=C(NCCCOC(C)c1ccccc1)NCCCN1CCCC(C(N)=O)C1.I. The van der Waals surface area contributed by atoms with E-state index in [1.54, 1.807) is 7.05 Å². The van der Waals surface area contributed by atoms with Gasteiger partial charge < -0.3 is 26.0 Å². The number of aliphatic imine (C=N–C) groups is 1. The van der Waals surface area contributed by atoms with E-state index in [-0.39, 0.29) is 41.9 Å². The van der Waals surface area contributed by atoms with Crippen molar-refractivity contribution in [2.24, 2.45) is 16.6 Å². The van der Waals surface area contributed by atoms with E-state index >= 15 is 0 Å². The highest BCUT2D eigenvalue weighted by atomic mass is 127. The van der Waals surface area contributed by atoms with E-state index < -0.39 is 0 Å². The summed E-state index contributed by atoms with van der Waals surface area (Å²) in [5.41, 5.74) is 6.65. The van der Waals surface area contributed by atoms with Crippen LogP contribution in [-0.2, 0) is 9.53 Å². The van der Waals surface area contributed by atoms with Gasteiger partial charge in [-0.15, -0.1) is 24.0 Å². The highest BCUT2D eigenvalue weighted by Crippen LogP contribution is 2.16. The molecular weight excluding hydrogens is 493 g/mol. The summed E-state index contributed by atoms with van der Waals surface area (Å²) in [7, 11) is 1.78. The number of primary amides is 1. The molecule has 1 saturated heterocycles. The largest absolute Gasteiger partial charge is 0.374 e. The molecule has 1 aliphatic rings. The van der Waals surface area contributed by atoms with Gasteiger partial charge in [-0.2, -0.15) is 0 Å². The van der Waals surface area contributed by atoms with Crippen molar-refractivity contribution in [1.29, 1.82) is 0 Å². The van der Waals surface area contributed by atoms with E-state index in [9.17, 15) is 4.79 Å². The van der Waals surface area contributed by atoms with E-state index in [1.807, 2.05) is 18.2 Å². The first-order valence-corrected chi connectivity index (χ1v) is 10.7. The number of nitrogens with two attached hydrogens (primary N) is 1. The van der Waals surface area contributed by atoms with Crippen molar-refractivity contribution in [2.45, 2.75) is 38.7 Å². The third-order valence-corrected chi connectivity index (χ3v) is 5.33. The molecule has 0 aromatic heterocycles. The Morgan fingerprint density at radius 3 is 2.63 bits per heavy atom. The molecule has 2 atom stereocenters. The molecule has 8 heteroatoms. The van der Waals surface area contributed by atoms with Gasteiger partial charge in [-0.25, -0.2) is 0 Å². The van der Waals surface area contributed by atoms with Gasteiger partial charge in [-0.3, -0.25) is 9.79 Å². The average Bonchev–Trinajstić information content (AvgIpc) is 2.75. The second kappa shape index (κ2) is 15.4. The third kappa shape index (κ3) is 10.1. The van der Waals surface area contributed by atoms with Crippen LogP contribution in [0.1, 0.15) is 44.3 Å². The summed E-state index contributed by atoms with van der Waals surface area (Å²) in [6.07, 6.45) is 4.01.